The zero-order chi connectivity index (χ0) is 13.2. The summed E-state index contributed by atoms with van der Waals surface area (Å²) in [5.41, 5.74) is 2.33. The third kappa shape index (κ3) is 2.64. The Bertz CT molecular complexity index is 432. The number of methoxy groups -OCH3 is 1. The summed E-state index contributed by atoms with van der Waals surface area (Å²) >= 11 is 12.0. The average Bonchev–Trinajstić information content (AvgIpc) is 2.30. The van der Waals surface area contributed by atoms with Crippen LogP contribution in [0.3, 0.4) is 0 Å². The number of aromatic nitrogens is 1. The number of nitrogens with zero attached hydrogens (tertiary/aromatic N) is 1. The van der Waals surface area contributed by atoms with E-state index in [-0.39, 0.29) is 5.60 Å². The fourth-order valence-electron chi connectivity index (χ4n) is 1.96. The molecule has 0 aliphatic heterocycles. The molecule has 100 valence electrons. The Kier molecular flexibility index (Phi) is 4.17. The number of nitrogens with two attached hydrogens (primary N) is 1. The van der Waals surface area contributed by atoms with Crippen molar-refractivity contribution in [2.75, 3.05) is 24.4 Å². The molecule has 0 aromatic carbocycles. The van der Waals surface area contributed by atoms with Crippen LogP contribution in [0.25, 0.3) is 0 Å². The number of nitrogen functional groups attached to an aromatic ring is 1. The maximum Gasteiger partial charge on any atom is 0.161 e. The molecule has 0 unspecified atom stereocenters. The standard InChI is InChI=1S/C11H16Cl2N4O/c1-18-11(3-2-4-11)6-15-9-7(12)5-8(13)10(16-9)17-14/h5H,2-4,6,14H2,1H3,(H2,15,16,17). The van der Waals surface area contributed by atoms with Crippen LogP contribution in [0.5, 0.6) is 0 Å². The lowest BCUT2D eigenvalue weighted by Crippen LogP contribution is -2.45. The summed E-state index contributed by atoms with van der Waals surface area (Å²) in [6.07, 6.45) is 3.28. The number of halogens is 2. The highest BCUT2D eigenvalue weighted by Crippen LogP contribution is 2.36. The molecule has 1 aliphatic carbocycles. The normalized spacial score (nSPS) is 17.1. The van der Waals surface area contributed by atoms with E-state index in [1.165, 1.54) is 6.42 Å². The van der Waals surface area contributed by atoms with Crippen LogP contribution in [0.2, 0.25) is 10.0 Å². The van der Waals surface area contributed by atoms with Gasteiger partial charge in [0.15, 0.2) is 5.82 Å². The molecule has 2 rings (SSSR count). The van der Waals surface area contributed by atoms with Crippen molar-refractivity contribution < 1.29 is 4.74 Å². The Labute approximate surface area is 116 Å². The van der Waals surface area contributed by atoms with Crippen molar-refractivity contribution >= 4 is 34.8 Å². The topological polar surface area (TPSA) is 72.2 Å². The number of rotatable bonds is 5. The van der Waals surface area contributed by atoms with Crippen LogP contribution in [-0.4, -0.2) is 24.2 Å². The van der Waals surface area contributed by atoms with E-state index in [1.54, 1.807) is 13.2 Å². The molecule has 0 atom stereocenters. The zero-order valence-electron chi connectivity index (χ0n) is 10.1. The summed E-state index contributed by atoms with van der Waals surface area (Å²) in [4.78, 5) is 4.22. The average molecular weight is 291 g/mol. The smallest absolute Gasteiger partial charge is 0.161 e. The first kappa shape index (κ1) is 13.7. The molecule has 1 aromatic rings. The van der Waals surface area contributed by atoms with Gasteiger partial charge in [0, 0.05) is 13.7 Å². The van der Waals surface area contributed by atoms with E-state index in [0.717, 1.165) is 12.8 Å². The maximum atomic E-state index is 6.07. The lowest BCUT2D eigenvalue weighted by Gasteiger charge is -2.40. The number of nitrogens with one attached hydrogen (secondary N) is 2. The molecule has 1 saturated carbocycles. The van der Waals surface area contributed by atoms with Crippen LogP contribution in [0.15, 0.2) is 6.07 Å². The van der Waals surface area contributed by atoms with E-state index in [0.29, 0.717) is 28.2 Å². The number of hydrogen-bond acceptors (Lipinski definition) is 5. The van der Waals surface area contributed by atoms with Crippen LogP contribution in [-0.2, 0) is 4.74 Å². The van der Waals surface area contributed by atoms with Gasteiger partial charge in [-0.15, -0.1) is 0 Å². The summed E-state index contributed by atoms with van der Waals surface area (Å²) < 4.78 is 5.52. The lowest BCUT2D eigenvalue weighted by molar-refractivity contribution is -0.0601. The van der Waals surface area contributed by atoms with Crippen molar-refractivity contribution in [2.45, 2.75) is 24.9 Å². The zero-order valence-corrected chi connectivity index (χ0v) is 11.6. The molecule has 0 amide bonds. The summed E-state index contributed by atoms with van der Waals surface area (Å²) in [5, 5.41) is 4.04. The van der Waals surface area contributed by atoms with Gasteiger partial charge in [0.05, 0.1) is 15.6 Å². The summed E-state index contributed by atoms with van der Waals surface area (Å²) in [6, 6.07) is 1.61. The Hall–Kier alpha value is -0.750. The number of pyridine rings is 1. The Balaban J connectivity index is 2.09. The van der Waals surface area contributed by atoms with Crippen molar-refractivity contribution in [3.63, 3.8) is 0 Å². The minimum Gasteiger partial charge on any atom is -0.376 e. The molecule has 1 aliphatic rings. The minimum absolute atomic E-state index is 0.0963. The first-order chi connectivity index (χ1) is 8.60. The first-order valence-electron chi connectivity index (χ1n) is 5.72. The molecule has 1 fully saturated rings. The number of anilines is 2. The van der Waals surface area contributed by atoms with Gasteiger partial charge < -0.3 is 15.5 Å². The molecular formula is C11H16Cl2N4O. The van der Waals surface area contributed by atoms with Crippen LogP contribution in [0, 0.1) is 0 Å². The maximum absolute atomic E-state index is 6.07. The third-order valence-corrected chi connectivity index (χ3v) is 3.92. The van der Waals surface area contributed by atoms with E-state index in [2.05, 4.69) is 15.7 Å². The number of hydrazine groups is 1. The van der Waals surface area contributed by atoms with Gasteiger partial charge in [0.25, 0.3) is 0 Å². The third-order valence-electron chi connectivity index (χ3n) is 3.34. The molecule has 0 saturated heterocycles. The minimum atomic E-state index is -0.0963. The Morgan fingerprint density at radius 2 is 2.06 bits per heavy atom. The molecule has 1 aromatic heterocycles. The first-order valence-corrected chi connectivity index (χ1v) is 6.47. The Morgan fingerprint density at radius 1 is 1.39 bits per heavy atom. The van der Waals surface area contributed by atoms with Crippen molar-refractivity contribution in [1.82, 2.24) is 4.98 Å². The van der Waals surface area contributed by atoms with Gasteiger partial charge in [-0.25, -0.2) is 10.8 Å². The van der Waals surface area contributed by atoms with Crippen LogP contribution >= 0.6 is 23.2 Å². The van der Waals surface area contributed by atoms with Crippen molar-refractivity contribution in [3.05, 3.63) is 16.1 Å². The van der Waals surface area contributed by atoms with E-state index >= 15 is 0 Å². The molecule has 0 radical (unpaired) electrons. The molecule has 7 heteroatoms. The SMILES string of the molecule is COC1(CNc2nc(NN)c(Cl)cc2Cl)CCC1. The van der Waals surface area contributed by atoms with Gasteiger partial charge in [-0.3, -0.25) is 0 Å². The van der Waals surface area contributed by atoms with Gasteiger partial charge in [-0.05, 0) is 25.3 Å². The molecule has 4 N–H and O–H groups in total. The van der Waals surface area contributed by atoms with Crippen molar-refractivity contribution in [3.8, 4) is 0 Å². The second kappa shape index (κ2) is 5.48. The second-order valence-corrected chi connectivity index (χ2v) is 5.20. The van der Waals surface area contributed by atoms with Crippen LogP contribution in [0.1, 0.15) is 19.3 Å². The molecular weight excluding hydrogens is 275 g/mol. The van der Waals surface area contributed by atoms with E-state index in [9.17, 15) is 0 Å². The van der Waals surface area contributed by atoms with E-state index < -0.39 is 0 Å². The Morgan fingerprint density at radius 3 is 2.56 bits per heavy atom. The number of hydrogen-bond donors (Lipinski definition) is 3. The molecule has 5 nitrogen and oxygen atoms in total. The fraction of sp³-hybridized carbons (Fsp3) is 0.545. The summed E-state index contributed by atoms with van der Waals surface area (Å²) in [7, 11) is 1.73. The van der Waals surface area contributed by atoms with Gasteiger partial charge in [0.2, 0.25) is 0 Å². The van der Waals surface area contributed by atoms with Crippen LogP contribution < -0.4 is 16.6 Å². The lowest BCUT2D eigenvalue weighted by atomic mass is 9.80. The van der Waals surface area contributed by atoms with Gasteiger partial charge in [0.1, 0.15) is 5.82 Å². The van der Waals surface area contributed by atoms with Gasteiger partial charge >= 0.3 is 0 Å². The highest BCUT2D eigenvalue weighted by atomic mass is 35.5. The van der Waals surface area contributed by atoms with Crippen molar-refractivity contribution in [1.29, 1.82) is 0 Å². The fourth-order valence-corrected chi connectivity index (χ4v) is 2.44. The predicted octanol–water partition coefficient (Wildman–Crippen LogP) is 2.66. The van der Waals surface area contributed by atoms with Gasteiger partial charge in [-0.2, -0.15) is 0 Å². The predicted molar refractivity (Wildman–Crippen MR) is 74.1 cm³/mol. The monoisotopic (exact) mass is 290 g/mol. The van der Waals surface area contributed by atoms with E-state index in [4.69, 9.17) is 33.8 Å². The molecule has 1 heterocycles. The summed E-state index contributed by atoms with van der Waals surface area (Å²) in [5.74, 6) is 6.27. The second-order valence-electron chi connectivity index (χ2n) is 4.39. The van der Waals surface area contributed by atoms with E-state index in [1.807, 2.05) is 0 Å². The van der Waals surface area contributed by atoms with Gasteiger partial charge in [-0.1, -0.05) is 23.2 Å². The molecule has 18 heavy (non-hydrogen) atoms. The molecule has 0 spiro atoms. The van der Waals surface area contributed by atoms with Crippen molar-refractivity contribution in [2.24, 2.45) is 5.84 Å². The quantitative estimate of drug-likeness (QED) is 0.574. The highest BCUT2D eigenvalue weighted by Gasteiger charge is 2.36. The number of ether oxygens (including phenoxy) is 1. The van der Waals surface area contributed by atoms with Crippen LogP contribution in [0.4, 0.5) is 11.6 Å². The molecule has 0 bridgehead atoms. The largest absolute Gasteiger partial charge is 0.376 e. The highest BCUT2D eigenvalue weighted by molar-refractivity contribution is 6.37. The summed E-state index contributed by atoms with van der Waals surface area (Å²) in [6.45, 7) is 0.669.